The molecule has 1 aromatic carbocycles. The number of benzene rings is 1. The van der Waals surface area contributed by atoms with Crippen LogP contribution >= 0.6 is 24.0 Å². The van der Waals surface area contributed by atoms with Crippen LogP contribution in [0.1, 0.15) is 10.4 Å². The smallest absolute Gasteiger partial charge is 0.257 e. The fraction of sp³-hybridized carbons (Fsp3) is 0.273. The number of para-hydroxylation sites is 1. The van der Waals surface area contributed by atoms with Crippen molar-refractivity contribution in [1.29, 1.82) is 0 Å². The molecule has 0 saturated carbocycles. The zero-order valence-electron chi connectivity index (χ0n) is 8.47. The molecule has 0 bridgehead atoms. The number of thiocarbonyl (C=S) groups is 1. The maximum absolute atomic E-state index is 12.3. The van der Waals surface area contributed by atoms with Gasteiger partial charge in [0, 0.05) is 5.75 Å². The molecular formula is C11H10N2OS2. The average molecular weight is 250 g/mol. The Morgan fingerprint density at radius 1 is 1.44 bits per heavy atom. The number of hydrogen-bond acceptors (Lipinski definition) is 3. The van der Waals surface area contributed by atoms with E-state index >= 15 is 0 Å². The Morgan fingerprint density at radius 2 is 2.25 bits per heavy atom. The number of nitrogens with zero attached hydrogens (tertiary/aromatic N) is 1. The van der Waals surface area contributed by atoms with E-state index in [0.717, 1.165) is 27.9 Å². The van der Waals surface area contributed by atoms with E-state index in [1.807, 2.05) is 29.2 Å². The Balaban J connectivity index is 2.11. The monoisotopic (exact) mass is 250 g/mol. The van der Waals surface area contributed by atoms with Crippen molar-refractivity contribution < 1.29 is 4.79 Å². The number of anilines is 1. The van der Waals surface area contributed by atoms with E-state index in [2.05, 4.69) is 5.32 Å². The van der Waals surface area contributed by atoms with Gasteiger partial charge in [-0.05, 0) is 12.1 Å². The molecule has 2 heterocycles. The quantitative estimate of drug-likeness (QED) is 0.713. The molecular weight excluding hydrogens is 240 g/mol. The zero-order valence-corrected chi connectivity index (χ0v) is 10.1. The largest absolute Gasteiger partial charge is 0.348 e. The summed E-state index contributed by atoms with van der Waals surface area (Å²) in [5.41, 5.74) is 1.55. The highest BCUT2D eigenvalue weighted by molar-refractivity contribution is 7.99. The first kappa shape index (κ1) is 10.1. The summed E-state index contributed by atoms with van der Waals surface area (Å²) < 4.78 is 0. The van der Waals surface area contributed by atoms with Gasteiger partial charge >= 0.3 is 0 Å². The van der Waals surface area contributed by atoms with Crippen LogP contribution in [0.25, 0.3) is 0 Å². The standard InChI is InChI=1S/C11H10N2OS2/c14-11-7-3-1-2-4-8(7)12-10(15)9-5-16-6-13(9)11/h1-4,9H,5-6H2,(H,12,15)/t9-/m0/s1. The van der Waals surface area contributed by atoms with Crippen molar-refractivity contribution in [3.05, 3.63) is 29.8 Å². The second kappa shape index (κ2) is 3.75. The lowest BCUT2D eigenvalue weighted by atomic mass is 10.1. The Bertz CT molecular complexity index is 475. The third-order valence-corrected chi connectivity index (χ3v) is 4.25. The molecule has 1 saturated heterocycles. The molecule has 1 amide bonds. The van der Waals surface area contributed by atoms with Crippen LogP contribution in [0.2, 0.25) is 0 Å². The minimum Gasteiger partial charge on any atom is -0.348 e. The predicted molar refractivity (Wildman–Crippen MR) is 69.9 cm³/mol. The van der Waals surface area contributed by atoms with Crippen molar-refractivity contribution in [2.75, 3.05) is 16.9 Å². The normalized spacial score (nSPS) is 23.5. The summed E-state index contributed by atoms with van der Waals surface area (Å²) in [7, 11) is 0. The van der Waals surface area contributed by atoms with E-state index in [9.17, 15) is 4.79 Å². The molecule has 0 unspecified atom stereocenters. The number of fused-ring (bicyclic) bond motifs is 2. The number of carbonyl (C=O) groups is 1. The molecule has 0 aromatic heterocycles. The predicted octanol–water partition coefficient (Wildman–Crippen LogP) is 1.95. The third-order valence-electron chi connectivity index (χ3n) is 2.86. The third kappa shape index (κ3) is 1.43. The van der Waals surface area contributed by atoms with Crippen molar-refractivity contribution in [1.82, 2.24) is 4.90 Å². The number of carbonyl (C=O) groups excluding carboxylic acids is 1. The van der Waals surface area contributed by atoms with Gasteiger partial charge in [0.1, 0.15) is 4.99 Å². The van der Waals surface area contributed by atoms with Crippen LogP contribution in [0.5, 0.6) is 0 Å². The molecule has 1 N–H and O–H groups in total. The average Bonchev–Trinajstić information content (AvgIpc) is 2.74. The summed E-state index contributed by atoms with van der Waals surface area (Å²) >= 11 is 7.09. The lowest BCUT2D eigenvalue weighted by Crippen LogP contribution is -2.41. The number of thioether (sulfide) groups is 1. The van der Waals surface area contributed by atoms with Gasteiger partial charge in [0.15, 0.2) is 0 Å². The van der Waals surface area contributed by atoms with Crippen molar-refractivity contribution in [3.8, 4) is 0 Å². The molecule has 3 nitrogen and oxygen atoms in total. The van der Waals surface area contributed by atoms with E-state index < -0.39 is 0 Å². The minimum atomic E-state index is 0.0555. The summed E-state index contributed by atoms with van der Waals surface area (Å²) in [4.78, 5) is 14.9. The SMILES string of the molecule is O=C1c2ccccc2NC(=S)[C@@H]2CSCN12. The maximum atomic E-state index is 12.3. The highest BCUT2D eigenvalue weighted by Gasteiger charge is 2.36. The van der Waals surface area contributed by atoms with Crippen LogP contribution in [0.4, 0.5) is 5.69 Å². The second-order valence-electron chi connectivity index (χ2n) is 3.83. The number of nitrogens with one attached hydrogen (secondary N) is 1. The minimum absolute atomic E-state index is 0.0555. The Hall–Kier alpha value is -1.07. The molecule has 1 atom stereocenters. The lowest BCUT2D eigenvalue weighted by molar-refractivity contribution is 0.0784. The first-order valence-electron chi connectivity index (χ1n) is 5.06. The topological polar surface area (TPSA) is 32.3 Å². The van der Waals surface area contributed by atoms with Crippen LogP contribution in [0.15, 0.2) is 24.3 Å². The molecule has 2 aliphatic heterocycles. The van der Waals surface area contributed by atoms with Gasteiger partial charge in [-0.15, -0.1) is 11.8 Å². The van der Waals surface area contributed by atoms with E-state index in [0.29, 0.717) is 0 Å². The highest BCUT2D eigenvalue weighted by Crippen LogP contribution is 2.30. The van der Waals surface area contributed by atoms with E-state index in [1.54, 1.807) is 11.8 Å². The Kier molecular flexibility index (Phi) is 2.37. The number of rotatable bonds is 0. The molecule has 2 aliphatic rings. The molecule has 0 aliphatic carbocycles. The van der Waals surface area contributed by atoms with Crippen LogP contribution < -0.4 is 5.32 Å². The number of amides is 1. The van der Waals surface area contributed by atoms with Crippen LogP contribution in [0.3, 0.4) is 0 Å². The first-order chi connectivity index (χ1) is 7.77. The van der Waals surface area contributed by atoms with Crippen molar-refractivity contribution in [2.45, 2.75) is 6.04 Å². The summed E-state index contributed by atoms with van der Waals surface area (Å²) in [6, 6.07) is 7.59. The Morgan fingerprint density at radius 3 is 3.12 bits per heavy atom. The first-order valence-corrected chi connectivity index (χ1v) is 6.62. The van der Waals surface area contributed by atoms with Gasteiger partial charge < -0.3 is 10.2 Å². The van der Waals surface area contributed by atoms with Gasteiger partial charge in [-0.3, -0.25) is 4.79 Å². The van der Waals surface area contributed by atoms with Gasteiger partial charge in [-0.1, -0.05) is 24.4 Å². The van der Waals surface area contributed by atoms with Crippen LogP contribution in [-0.2, 0) is 0 Å². The van der Waals surface area contributed by atoms with E-state index in [-0.39, 0.29) is 11.9 Å². The van der Waals surface area contributed by atoms with Crippen LogP contribution in [-0.4, -0.2) is 33.5 Å². The summed E-state index contributed by atoms with van der Waals surface area (Å²) in [5.74, 6) is 1.71. The molecule has 0 spiro atoms. The van der Waals surface area contributed by atoms with Gasteiger partial charge in [0.05, 0.1) is 23.2 Å². The molecule has 1 aromatic rings. The molecule has 82 valence electrons. The number of hydrogen-bond donors (Lipinski definition) is 1. The summed E-state index contributed by atoms with van der Waals surface area (Å²) in [6.45, 7) is 0. The van der Waals surface area contributed by atoms with Crippen molar-refractivity contribution in [3.63, 3.8) is 0 Å². The molecule has 0 radical (unpaired) electrons. The fourth-order valence-electron chi connectivity index (χ4n) is 2.01. The van der Waals surface area contributed by atoms with Crippen molar-refractivity contribution >= 4 is 40.6 Å². The van der Waals surface area contributed by atoms with Gasteiger partial charge in [0.25, 0.3) is 5.91 Å². The molecule has 1 fully saturated rings. The maximum Gasteiger partial charge on any atom is 0.257 e. The lowest BCUT2D eigenvalue weighted by Gasteiger charge is -2.20. The van der Waals surface area contributed by atoms with Gasteiger partial charge in [-0.2, -0.15) is 0 Å². The van der Waals surface area contributed by atoms with E-state index in [1.165, 1.54) is 0 Å². The van der Waals surface area contributed by atoms with Crippen LogP contribution in [0, 0.1) is 0 Å². The summed E-state index contributed by atoms with van der Waals surface area (Å²) in [5, 5.41) is 3.18. The van der Waals surface area contributed by atoms with Gasteiger partial charge in [0.2, 0.25) is 0 Å². The van der Waals surface area contributed by atoms with Crippen molar-refractivity contribution in [2.24, 2.45) is 0 Å². The summed E-state index contributed by atoms with van der Waals surface area (Å²) in [6.07, 6.45) is 0. The van der Waals surface area contributed by atoms with Gasteiger partial charge in [-0.25, -0.2) is 0 Å². The fourth-order valence-corrected chi connectivity index (χ4v) is 3.60. The molecule has 3 rings (SSSR count). The van der Waals surface area contributed by atoms with E-state index in [4.69, 9.17) is 12.2 Å². The highest BCUT2D eigenvalue weighted by atomic mass is 32.2. The second-order valence-corrected chi connectivity index (χ2v) is 5.27. The molecule has 5 heteroatoms. The molecule has 16 heavy (non-hydrogen) atoms. The Labute approximate surface area is 103 Å². The zero-order chi connectivity index (χ0) is 11.1.